The highest BCUT2D eigenvalue weighted by Gasteiger charge is 2.46. The van der Waals surface area contributed by atoms with E-state index in [1.54, 1.807) is 11.1 Å². The molecule has 4 aromatic rings. The smallest absolute Gasteiger partial charge is 0.266 e. The van der Waals surface area contributed by atoms with Gasteiger partial charge in [0.15, 0.2) is 11.6 Å². The highest BCUT2D eigenvalue weighted by atomic mass is 32.2. The van der Waals surface area contributed by atoms with Gasteiger partial charge in [0.25, 0.3) is 23.6 Å². The van der Waals surface area contributed by atoms with Gasteiger partial charge in [-0.3, -0.25) is 53.5 Å². The molecule has 0 radical (unpaired) electrons. The number of carbonyl (C=O) groups excluding carboxylic acids is 8. The first kappa shape index (κ1) is 54.2. The van der Waals surface area contributed by atoms with E-state index in [1.165, 1.54) is 30.0 Å². The molecule has 0 aliphatic carbocycles. The van der Waals surface area contributed by atoms with Crippen LogP contribution in [0.15, 0.2) is 103 Å². The number of amides is 8. The first-order chi connectivity index (χ1) is 37.4. The van der Waals surface area contributed by atoms with Gasteiger partial charge in [0.2, 0.25) is 23.6 Å². The van der Waals surface area contributed by atoms with Crippen molar-refractivity contribution in [2.24, 2.45) is 0 Å². The minimum Gasteiger partial charge on any atom is -0.483 e. The summed E-state index contributed by atoms with van der Waals surface area (Å²) in [6.07, 6.45) is 1.82. The monoisotopic (exact) mass is 1070 g/mol. The fourth-order valence-electron chi connectivity index (χ4n) is 9.74. The molecule has 21 nitrogen and oxygen atoms in total. The average molecular weight is 1070 g/mol. The molecule has 5 aliphatic rings. The zero-order valence-electron chi connectivity index (χ0n) is 42.6. The number of fused-ring (bicyclic) bond motifs is 2. The van der Waals surface area contributed by atoms with Crippen molar-refractivity contribution in [1.82, 2.24) is 41.3 Å². The molecule has 5 N–H and O–H groups in total. The van der Waals surface area contributed by atoms with Crippen LogP contribution in [0.1, 0.15) is 68.0 Å². The van der Waals surface area contributed by atoms with Crippen LogP contribution in [0.3, 0.4) is 0 Å². The van der Waals surface area contributed by atoms with Crippen LogP contribution in [0.4, 0.5) is 5.69 Å². The minimum atomic E-state index is -1.11. The van der Waals surface area contributed by atoms with E-state index >= 15 is 0 Å². The second kappa shape index (κ2) is 25.0. The molecule has 404 valence electrons. The Morgan fingerprint density at radius 2 is 1.43 bits per heavy atom. The number of hydrogen-bond donors (Lipinski definition) is 5. The second-order valence-electron chi connectivity index (χ2n) is 19.0. The van der Waals surface area contributed by atoms with Crippen molar-refractivity contribution in [2.45, 2.75) is 43.4 Å². The molecule has 4 aromatic carbocycles. The number of nitrogens with one attached hydrogen (secondary N) is 5. The van der Waals surface area contributed by atoms with Crippen molar-refractivity contribution < 1.29 is 57.3 Å². The van der Waals surface area contributed by atoms with Gasteiger partial charge in [0.1, 0.15) is 17.8 Å². The number of carbonyl (C=O) groups is 8. The zero-order chi connectivity index (χ0) is 53.9. The average Bonchev–Trinajstić information content (AvgIpc) is 4.13. The molecule has 2 saturated heterocycles. The third kappa shape index (κ3) is 13.1. The molecule has 22 heteroatoms. The Kier molecular flexibility index (Phi) is 17.6. The van der Waals surface area contributed by atoms with Crippen molar-refractivity contribution >= 4 is 64.7 Å². The summed E-state index contributed by atoms with van der Waals surface area (Å²) >= 11 is 1.46. The number of ether oxygens (including phenoxy) is 4. The van der Waals surface area contributed by atoms with Crippen molar-refractivity contribution in [3.63, 3.8) is 0 Å². The molecule has 0 saturated carbocycles. The molecule has 77 heavy (non-hydrogen) atoms. The quantitative estimate of drug-likeness (QED) is 0.0500. The lowest BCUT2D eigenvalue weighted by atomic mass is 10.00. The van der Waals surface area contributed by atoms with Crippen LogP contribution in [0, 0.1) is 0 Å². The van der Waals surface area contributed by atoms with Crippen molar-refractivity contribution in [1.29, 1.82) is 0 Å². The number of benzene rings is 4. The van der Waals surface area contributed by atoms with Gasteiger partial charge in [-0.05, 0) is 71.3 Å². The Labute approximate surface area is 449 Å². The molecule has 3 atom stereocenters. The molecule has 0 bridgehead atoms. The molecule has 0 spiro atoms. The number of rotatable bonds is 24. The maximum atomic E-state index is 14.1. The number of thioether (sulfide) groups is 1. The molecule has 5 aliphatic heterocycles. The van der Waals surface area contributed by atoms with E-state index < -0.39 is 53.2 Å². The Hall–Kier alpha value is -7.63. The van der Waals surface area contributed by atoms with Gasteiger partial charge < -0.3 is 50.0 Å². The number of piperazine rings is 1. The van der Waals surface area contributed by atoms with Gasteiger partial charge in [0, 0.05) is 69.7 Å². The highest BCUT2D eigenvalue weighted by Crippen LogP contribution is 2.37. The maximum absolute atomic E-state index is 14.1. The molecular weight excluding hydrogens is 1010 g/mol. The Morgan fingerprint density at radius 3 is 2.12 bits per heavy atom. The van der Waals surface area contributed by atoms with Crippen molar-refractivity contribution in [3.05, 3.63) is 130 Å². The number of hydrogen-bond acceptors (Lipinski definition) is 16. The summed E-state index contributed by atoms with van der Waals surface area (Å²) in [5.74, 6) is -3.55. The van der Waals surface area contributed by atoms with E-state index in [1.807, 2.05) is 60.9 Å². The van der Waals surface area contributed by atoms with E-state index in [0.29, 0.717) is 51.6 Å². The van der Waals surface area contributed by atoms with Gasteiger partial charge in [-0.15, -0.1) is 0 Å². The van der Waals surface area contributed by atoms with Crippen LogP contribution in [-0.2, 0) is 44.7 Å². The summed E-state index contributed by atoms with van der Waals surface area (Å²) in [7, 11) is 0. The highest BCUT2D eigenvalue weighted by molar-refractivity contribution is 8.03. The topological polar surface area (TPSA) is 247 Å². The summed E-state index contributed by atoms with van der Waals surface area (Å²) in [6.45, 7) is 7.47. The molecule has 3 unspecified atom stereocenters. The van der Waals surface area contributed by atoms with E-state index in [-0.39, 0.29) is 67.2 Å². The molecule has 9 rings (SSSR count). The largest absolute Gasteiger partial charge is 0.483 e. The Bertz CT molecular complexity index is 2890. The minimum absolute atomic E-state index is 0.000483. The zero-order valence-corrected chi connectivity index (χ0v) is 43.4. The molecular formula is C55H61N9O12S. The Morgan fingerprint density at radius 1 is 0.740 bits per heavy atom. The normalized spacial score (nSPS) is 19.4. The van der Waals surface area contributed by atoms with Crippen molar-refractivity contribution in [2.75, 3.05) is 97.0 Å². The molecule has 2 fully saturated rings. The van der Waals surface area contributed by atoms with E-state index in [2.05, 4.69) is 60.6 Å². The predicted molar refractivity (Wildman–Crippen MR) is 283 cm³/mol. The van der Waals surface area contributed by atoms with E-state index in [0.717, 1.165) is 59.0 Å². The first-order valence-electron chi connectivity index (χ1n) is 25.6. The summed E-state index contributed by atoms with van der Waals surface area (Å²) < 4.78 is 22.2. The van der Waals surface area contributed by atoms with E-state index in [9.17, 15) is 38.4 Å². The lowest BCUT2D eigenvalue weighted by molar-refractivity contribution is -0.136. The van der Waals surface area contributed by atoms with Gasteiger partial charge in [-0.25, -0.2) is 0 Å². The number of anilines is 1. The van der Waals surface area contributed by atoms with Crippen LogP contribution < -0.4 is 36.2 Å². The maximum Gasteiger partial charge on any atom is 0.266 e. The summed E-state index contributed by atoms with van der Waals surface area (Å²) in [5.41, 5.74) is 5.19. The SMILES string of the molecule is CC1(NC(=O)C(c2ccccc2)N2Cc3ccc(-c4ccc(N5CCN(CC(=O)NCCOCCOCCOCCNC(=O)COc6cccc7c6C(=O)N(C6CCC(=O)NC6=O)C7=O)CC5)cc4)cc3C2=O)NC=CS1. The van der Waals surface area contributed by atoms with Crippen LogP contribution in [0.2, 0.25) is 0 Å². The second-order valence-corrected chi connectivity index (χ2v) is 20.3. The predicted octanol–water partition coefficient (Wildman–Crippen LogP) is 2.53. The van der Waals surface area contributed by atoms with Crippen molar-refractivity contribution in [3.8, 4) is 16.9 Å². The van der Waals surface area contributed by atoms with Crippen LogP contribution >= 0.6 is 11.8 Å². The van der Waals surface area contributed by atoms with Gasteiger partial charge in [0.05, 0.1) is 57.3 Å². The van der Waals surface area contributed by atoms with E-state index in [4.69, 9.17) is 18.9 Å². The summed E-state index contributed by atoms with van der Waals surface area (Å²) in [6, 6.07) is 26.1. The van der Waals surface area contributed by atoms with Crippen LogP contribution in [0.25, 0.3) is 11.1 Å². The fraction of sp³-hybridized carbons (Fsp3) is 0.382. The summed E-state index contributed by atoms with van der Waals surface area (Å²) in [5, 5.41) is 15.9. The number of piperidine rings is 1. The standard InChI is InChI=1S/C55H61N9O12S/c1-55(58-20-31-77-55)60-51(69)49(37-6-3-2-4-7-37)63-33-39-11-10-38(32-42(39)52(63)70)36-12-14-40(15-13-36)62-23-21-61(22-24-62)34-46(66)56-18-25-73-27-29-75-30-28-74-26-19-57-47(67)35-76-44-9-5-8-41-48(44)54(72)64(53(41)71)43-16-17-45(65)59-50(43)68/h2-15,20,31-32,43,49,58H,16-19,21-30,33-35H2,1H3,(H,56,66)(H,57,67)(H,60,69)(H,59,65,68). The molecule has 5 heterocycles. The van der Waals surface area contributed by atoms with Gasteiger partial charge >= 0.3 is 0 Å². The molecule has 0 aromatic heterocycles. The number of imide groups is 2. The molecule has 8 amide bonds. The lowest BCUT2D eigenvalue weighted by Crippen LogP contribution is -2.54. The lowest BCUT2D eigenvalue weighted by Gasteiger charge is -2.35. The summed E-state index contributed by atoms with van der Waals surface area (Å²) in [4.78, 5) is 109. The number of nitrogens with zero attached hydrogens (tertiary/aromatic N) is 4. The fourth-order valence-corrected chi connectivity index (χ4v) is 10.4. The first-order valence-corrected chi connectivity index (χ1v) is 26.5. The third-order valence-electron chi connectivity index (χ3n) is 13.7. The van der Waals surface area contributed by atoms with Crippen LogP contribution in [0.5, 0.6) is 5.75 Å². The Balaban J connectivity index is 0.601. The van der Waals surface area contributed by atoms with Gasteiger partial charge in [-0.1, -0.05) is 72.4 Å². The third-order valence-corrected chi connectivity index (χ3v) is 14.6. The van der Waals surface area contributed by atoms with Crippen LogP contribution in [-0.4, -0.2) is 165 Å². The van der Waals surface area contributed by atoms with Gasteiger partial charge in [-0.2, -0.15) is 0 Å².